The highest BCUT2D eigenvalue weighted by Crippen LogP contribution is 2.39. The molecule has 224 valence electrons. The van der Waals surface area contributed by atoms with Gasteiger partial charge in [0.2, 0.25) is 12.2 Å². The molecule has 2 aliphatic heterocycles. The van der Waals surface area contributed by atoms with Crippen LogP contribution >= 0.6 is 0 Å². The third-order valence-electron chi connectivity index (χ3n) is 8.50. The van der Waals surface area contributed by atoms with E-state index < -0.39 is 17.9 Å². The number of rotatable bonds is 9. The second-order valence-corrected chi connectivity index (χ2v) is 11.2. The molecule has 2 heterocycles. The largest absolute Gasteiger partial charge is 0.478 e. The number of anilines is 1. The van der Waals surface area contributed by atoms with E-state index >= 15 is 0 Å². The first-order valence-electron chi connectivity index (χ1n) is 14.5. The van der Waals surface area contributed by atoms with Crippen LogP contribution in [0.5, 0.6) is 0 Å². The number of benzene rings is 1. The lowest BCUT2D eigenvalue weighted by atomic mass is 9.77. The molecule has 1 atom stereocenters. The van der Waals surface area contributed by atoms with E-state index in [4.69, 9.17) is 0 Å². The van der Waals surface area contributed by atoms with Gasteiger partial charge in [-0.2, -0.15) is 5.26 Å². The molecule has 0 saturated carbocycles. The highest BCUT2D eigenvalue weighted by atomic mass is 19.1. The number of carbonyl (C=O) groups is 2. The number of hydrogen-bond donors (Lipinski definition) is 5. The van der Waals surface area contributed by atoms with Crippen LogP contribution < -0.4 is 16.0 Å². The zero-order chi connectivity index (χ0) is 30.2. The molecule has 10 nitrogen and oxygen atoms in total. The summed E-state index contributed by atoms with van der Waals surface area (Å²) in [5, 5.41) is 38.1. The van der Waals surface area contributed by atoms with Gasteiger partial charge >= 0.3 is 11.9 Å². The van der Waals surface area contributed by atoms with Crippen LogP contribution in [-0.4, -0.2) is 59.2 Å². The minimum Gasteiger partial charge on any atom is -0.478 e. The maximum atomic E-state index is 13.4. The smallest absolute Gasteiger partial charge is 0.334 e. The lowest BCUT2D eigenvalue weighted by Crippen LogP contribution is -2.38. The molecule has 1 aromatic carbocycles. The molecule has 0 spiro atoms. The Morgan fingerprint density at radius 3 is 2.40 bits per heavy atom. The highest BCUT2D eigenvalue weighted by molar-refractivity contribution is 5.99. The van der Waals surface area contributed by atoms with E-state index in [1.165, 1.54) is 0 Å². The number of carboxylic acid groups (broad SMARTS) is 2. The Bertz CT molecular complexity index is 1320. The Labute approximate surface area is 245 Å². The molecule has 11 heteroatoms. The third-order valence-corrected chi connectivity index (χ3v) is 8.50. The van der Waals surface area contributed by atoms with Gasteiger partial charge in [-0.05, 0) is 102 Å². The predicted octanol–water partition coefficient (Wildman–Crippen LogP) is 4.68. The van der Waals surface area contributed by atoms with Crippen molar-refractivity contribution in [3.05, 3.63) is 64.3 Å². The van der Waals surface area contributed by atoms with Crippen molar-refractivity contribution in [2.75, 3.05) is 31.5 Å². The number of carboxylic acids is 2. The number of likely N-dealkylation sites (tertiary alicyclic amines) is 1. The summed E-state index contributed by atoms with van der Waals surface area (Å²) >= 11 is 0. The molecule has 1 aliphatic carbocycles. The quantitative estimate of drug-likeness (QED) is 0.122. The topological polar surface area (TPSA) is 150 Å². The molecule has 4 rings (SSSR count). The van der Waals surface area contributed by atoms with Crippen LogP contribution in [0.1, 0.15) is 63.9 Å². The molecule has 1 unspecified atom stereocenters. The van der Waals surface area contributed by atoms with Gasteiger partial charge in [-0.1, -0.05) is 18.2 Å². The van der Waals surface area contributed by atoms with Crippen molar-refractivity contribution in [3.8, 4) is 6.19 Å². The van der Waals surface area contributed by atoms with E-state index in [-0.39, 0.29) is 22.9 Å². The van der Waals surface area contributed by atoms with Crippen molar-refractivity contribution < 1.29 is 24.2 Å². The summed E-state index contributed by atoms with van der Waals surface area (Å²) in [5.41, 5.74) is 1.72. The van der Waals surface area contributed by atoms with E-state index in [1.54, 1.807) is 50.4 Å². The molecule has 0 amide bonds. The number of guanidine groups is 1. The first-order valence-corrected chi connectivity index (χ1v) is 14.5. The van der Waals surface area contributed by atoms with Crippen LogP contribution in [0.2, 0.25) is 0 Å². The number of nitrogens with one attached hydrogen (secondary N) is 3. The van der Waals surface area contributed by atoms with Gasteiger partial charge in [-0.3, -0.25) is 0 Å². The highest BCUT2D eigenvalue weighted by Gasteiger charge is 2.36. The Morgan fingerprint density at radius 1 is 1.12 bits per heavy atom. The van der Waals surface area contributed by atoms with Gasteiger partial charge < -0.3 is 31.1 Å². The van der Waals surface area contributed by atoms with E-state index in [0.717, 1.165) is 51.7 Å². The van der Waals surface area contributed by atoms with Crippen LogP contribution in [0.25, 0.3) is 0 Å². The standard InChI is InChI=1S/C31H39FN6O4/c1-19-26(29(39)40)28(27(30(41)42)20(2)36-19)23-5-3-6-25(17-23)37-31(35-18-33)34-13-4-14-38-15-11-22(12-16-38)21-7-9-24(32)10-8-21/h3,5-6,9,17,21-22,28,36H,4,7-8,10-16H2,1-2H3,(H,39,40)(H,41,42)(H2,34,35,37). The number of hydrogen-bond acceptors (Lipinski definition) is 6. The Morgan fingerprint density at radius 2 is 1.81 bits per heavy atom. The van der Waals surface area contributed by atoms with Crippen molar-refractivity contribution >= 4 is 23.6 Å². The lowest BCUT2D eigenvalue weighted by molar-refractivity contribution is -0.133. The molecule has 0 bridgehead atoms. The van der Waals surface area contributed by atoms with Gasteiger partial charge in [-0.15, -0.1) is 4.99 Å². The minimum absolute atomic E-state index is 0.0345. The van der Waals surface area contributed by atoms with Gasteiger partial charge in [0.15, 0.2) is 0 Å². The maximum absolute atomic E-state index is 13.4. The molecule has 0 radical (unpaired) electrons. The third kappa shape index (κ3) is 7.56. The Hall–Kier alpha value is -4.17. The lowest BCUT2D eigenvalue weighted by Gasteiger charge is -2.36. The van der Waals surface area contributed by atoms with Gasteiger partial charge in [0.1, 0.15) is 0 Å². The monoisotopic (exact) mass is 578 g/mol. The molecular weight excluding hydrogens is 539 g/mol. The van der Waals surface area contributed by atoms with Crippen LogP contribution in [0.4, 0.5) is 10.1 Å². The second kappa shape index (κ2) is 14.1. The van der Waals surface area contributed by atoms with Crippen molar-refractivity contribution in [3.63, 3.8) is 0 Å². The molecule has 1 aromatic rings. The number of aliphatic imine (C=N–C) groups is 1. The molecular formula is C31H39FN6O4. The van der Waals surface area contributed by atoms with Crippen LogP contribution in [-0.2, 0) is 9.59 Å². The zero-order valence-corrected chi connectivity index (χ0v) is 24.1. The summed E-state index contributed by atoms with van der Waals surface area (Å²) in [6.45, 7) is 6.79. The minimum atomic E-state index is -1.20. The summed E-state index contributed by atoms with van der Waals surface area (Å²) in [6.07, 6.45) is 9.09. The average Bonchev–Trinajstić information content (AvgIpc) is 2.95. The van der Waals surface area contributed by atoms with E-state index in [1.807, 2.05) is 0 Å². The number of piperidine rings is 1. The zero-order valence-electron chi connectivity index (χ0n) is 24.1. The molecule has 3 aliphatic rings. The predicted molar refractivity (Wildman–Crippen MR) is 158 cm³/mol. The summed E-state index contributed by atoms with van der Waals surface area (Å²) in [6, 6.07) is 6.82. The summed E-state index contributed by atoms with van der Waals surface area (Å²) in [7, 11) is 0. The van der Waals surface area contributed by atoms with Gasteiger partial charge in [0.05, 0.1) is 22.9 Å². The molecule has 1 saturated heterocycles. The van der Waals surface area contributed by atoms with Gasteiger partial charge in [-0.25, -0.2) is 14.0 Å². The fourth-order valence-electron chi connectivity index (χ4n) is 6.40. The summed E-state index contributed by atoms with van der Waals surface area (Å²) in [4.78, 5) is 30.5. The number of nitriles is 1. The van der Waals surface area contributed by atoms with Crippen LogP contribution in [0.3, 0.4) is 0 Å². The first-order chi connectivity index (χ1) is 20.2. The number of dihydropyridines is 1. The van der Waals surface area contributed by atoms with Gasteiger partial charge in [0.25, 0.3) is 0 Å². The number of halogens is 1. The summed E-state index contributed by atoms with van der Waals surface area (Å²) in [5.74, 6) is -1.82. The second-order valence-electron chi connectivity index (χ2n) is 11.2. The molecule has 1 fully saturated rings. The molecule has 42 heavy (non-hydrogen) atoms. The molecule has 0 aromatic heterocycles. The fraction of sp³-hybridized carbons (Fsp3) is 0.484. The van der Waals surface area contributed by atoms with E-state index in [0.29, 0.717) is 47.4 Å². The number of allylic oxidation sites excluding steroid dienone is 4. The normalized spacial score (nSPS) is 21.0. The first kappa shape index (κ1) is 30.8. The fourth-order valence-corrected chi connectivity index (χ4v) is 6.40. The Balaban J connectivity index is 1.33. The SMILES string of the molecule is CC1=C(C(=O)O)C(c2cccc(NC(=NC#N)NCCCN3CCC(C4CC=C(F)CC4)CC3)c2)C(C(=O)O)=C(C)N1. The van der Waals surface area contributed by atoms with Crippen molar-refractivity contribution in [2.45, 2.75) is 58.3 Å². The van der Waals surface area contributed by atoms with E-state index in [9.17, 15) is 29.5 Å². The van der Waals surface area contributed by atoms with Crippen molar-refractivity contribution in [2.24, 2.45) is 16.8 Å². The van der Waals surface area contributed by atoms with Crippen molar-refractivity contribution in [1.82, 2.24) is 15.5 Å². The average molecular weight is 579 g/mol. The van der Waals surface area contributed by atoms with E-state index in [2.05, 4.69) is 25.8 Å². The number of aliphatic carboxylic acids is 2. The Kier molecular flexibility index (Phi) is 10.4. The van der Waals surface area contributed by atoms with Crippen molar-refractivity contribution in [1.29, 1.82) is 5.26 Å². The molecule has 5 N–H and O–H groups in total. The van der Waals surface area contributed by atoms with Crippen LogP contribution in [0.15, 0.2) is 63.7 Å². The maximum Gasteiger partial charge on any atom is 0.334 e. The van der Waals surface area contributed by atoms with Crippen LogP contribution in [0, 0.1) is 23.3 Å². The summed E-state index contributed by atoms with van der Waals surface area (Å²) < 4.78 is 13.4. The number of nitrogens with zero attached hydrogens (tertiary/aromatic N) is 3. The van der Waals surface area contributed by atoms with Gasteiger partial charge in [0, 0.05) is 23.6 Å².